The molecule has 0 unspecified atom stereocenters. The van der Waals surface area contributed by atoms with Crippen molar-refractivity contribution in [1.82, 2.24) is 4.90 Å². The molecule has 1 aromatic rings. The van der Waals surface area contributed by atoms with Crippen LogP contribution in [0.3, 0.4) is 0 Å². The molecule has 0 spiro atoms. The van der Waals surface area contributed by atoms with E-state index in [0.29, 0.717) is 0 Å². The van der Waals surface area contributed by atoms with Crippen LogP contribution in [0.15, 0.2) is 24.3 Å². The molecule has 1 fully saturated rings. The summed E-state index contributed by atoms with van der Waals surface area (Å²) in [5.74, 6) is 1.64. The van der Waals surface area contributed by atoms with Gasteiger partial charge in [0.25, 0.3) is 0 Å². The molecule has 1 aliphatic heterocycles. The molecule has 0 bridgehead atoms. The lowest BCUT2D eigenvalue weighted by molar-refractivity contribution is 0.272. The molecule has 1 saturated heterocycles. The zero-order valence-corrected chi connectivity index (χ0v) is 13.4. The number of hydrogen-bond acceptors (Lipinski definition) is 3. The summed E-state index contributed by atoms with van der Waals surface area (Å²) in [7, 11) is 1.71. The minimum Gasteiger partial charge on any atom is -0.497 e. The summed E-state index contributed by atoms with van der Waals surface area (Å²) in [6.07, 6.45) is 0. The van der Waals surface area contributed by atoms with E-state index >= 15 is 0 Å². The van der Waals surface area contributed by atoms with E-state index in [2.05, 4.69) is 21.9 Å². The minimum atomic E-state index is 0. The molecule has 1 aliphatic rings. The van der Waals surface area contributed by atoms with Crippen LogP contribution in [0, 0.1) is 0 Å². The van der Waals surface area contributed by atoms with Crippen molar-refractivity contribution in [2.75, 3.05) is 50.6 Å². The van der Waals surface area contributed by atoms with Crippen LogP contribution >= 0.6 is 36.4 Å². The molecule has 0 atom stereocenters. The molecule has 0 amide bonds. The maximum absolute atomic E-state index is 5.76. The largest absolute Gasteiger partial charge is 0.497 e. The number of ether oxygens (including phenoxy) is 1. The number of rotatable bonds is 4. The lowest BCUT2D eigenvalue weighted by Crippen LogP contribution is -2.46. The first kappa shape index (κ1) is 18.7. The Bertz CT molecular complexity index is 357. The molecule has 0 aliphatic carbocycles. The minimum absolute atomic E-state index is 0. The number of benzene rings is 1. The van der Waals surface area contributed by atoms with Gasteiger partial charge in [-0.1, -0.05) is 6.07 Å². The first-order valence-electron chi connectivity index (χ1n) is 6.01. The molecule has 1 aromatic carbocycles. The average molecular weight is 328 g/mol. The first-order chi connectivity index (χ1) is 8.33. The Morgan fingerprint density at radius 1 is 1.16 bits per heavy atom. The zero-order chi connectivity index (χ0) is 12.1. The molecular formula is C13H21Cl3N2O. The highest BCUT2D eigenvalue weighted by molar-refractivity contribution is 6.18. The fourth-order valence-corrected chi connectivity index (χ4v) is 2.40. The van der Waals surface area contributed by atoms with Gasteiger partial charge in [0.05, 0.1) is 7.11 Å². The second kappa shape index (κ2) is 9.54. The maximum Gasteiger partial charge on any atom is 0.120 e. The van der Waals surface area contributed by atoms with Crippen molar-refractivity contribution < 1.29 is 4.74 Å². The lowest BCUT2D eigenvalue weighted by Gasteiger charge is -2.35. The number of anilines is 1. The molecule has 2 rings (SSSR count). The highest BCUT2D eigenvalue weighted by Crippen LogP contribution is 2.21. The molecule has 6 heteroatoms. The van der Waals surface area contributed by atoms with E-state index in [4.69, 9.17) is 16.3 Å². The van der Waals surface area contributed by atoms with E-state index in [0.717, 1.165) is 44.4 Å². The van der Waals surface area contributed by atoms with Crippen LogP contribution in [0.25, 0.3) is 0 Å². The average Bonchev–Trinajstić information content (AvgIpc) is 2.40. The summed E-state index contributed by atoms with van der Waals surface area (Å²) >= 11 is 5.76. The van der Waals surface area contributed by atoms with Gasteiger partial charge in [-0.25, -0.2) is 0 Å². The Labute approximate surface area is 132 Å². The second-order valence-corrected chi connectivity index (χ2v) is 4.60. The van der Waals surface area contributed by atoms with Crippen molar-refractivity contribution in [3.63, 3.8) is 0 Å². The molecule has 3 nitrogen and oxygen atoms in total. The van der Waals surface area contributed by atoms with Gasteiger partial charge in [0.1, 0.15) is 5.75 Å². The Hall–Kier alpha value is -0.350. The zero-order valence-electron chi connectivity index (χ0n) is 11.0. The van der Waals surface area contributed by atoms with Crippen molar-refractivity contribution in [3.8, 4) is 5.75 Å². The van der Waals surface area contributed by atoms with Crippen molar-refractivity contribution >= 4 is 42.1 Å². The second-order valence-electron chi connectivity index (χ2n) is 4.22. The Kier molecular flexibility index (Phi) is 9.36. The van der Waals surface area contributed by atoms with E-state index in [1.54, 1.807) is 7.11 Å². The summed E-state index contributed by atoms with van der Waals surface area (Å²) in [5.41, 5.74) is 1.25. The third kappa shape index (κ3) is 5.27. The van der Waals surface area contributed by atoms with Gasteiger partial charge in [0.2, 0.25) is 0 Å². The number of piperazine rings is 1. The Balaban J connectivity index is 0.00000162. The van der Waals surface area contributed by atoms with Crippen LogP contribution in [0.5, 0.6) is 5.75 Å². The van der Waals surface area contributed by atoms with Gasteiger partial charge in [-0.3, -0.25) is 4.90 Å². The standard InChI is InChI=1S/C13H19ClN2O.2ClH/c1-17-13-4-2-3-12(11-13)16-9-7-15(6-5-14)8-10-16;;/h2-4,11H,5-10H2,1H3;2*1H. The summed E-state index contributed by atoms with van der Waals surface area (Å²) in [4.78, 5) is 4.80. The fraction of sp³-hybridized carbons (Fsp3) is 0.538. The monoisotopic (exact) mass is 326 g/mol. The van der Waals surface area contributed by atoms with Crippen molar-refractivity contribution in [1.29, 1.82) is 0 Å². The van der Waals surface area contributed by atoms with Crippen LogP contribution in [0.4, 0.5) is 5.69 Å². The Morgan fingerprint density at radius 2 is 1.84 bits per heavy atom. The molecule has 19 heavy (non-hydrogen) atoms. The highest BCUT2D eigenvalue weighted by Gasteiger charge is 2.16. The normalized spacial score (nSPS) is 15.4. The molecule has 0 N–H and O–H groups in total. The topological polar surface area (TPSA) is 15.7 Å². The van der Waals surface area contributed by atoms with Crippen LogP contribution in [0.2, 0.25) is 0 Å². The molecule has 1 heterocycles. The van der Waals surface area contributed by atoms with Gasteiger partial charge in [-0.05, 0) is 12.1 Å². The summed E-state index contributed by atoms with van der Waals surface area (Å²) in [6.45, 7) is 5.29. The number of methoxy groups -OCH3 is 1. The first-order valence-corrected chi connectivity index (χ1v) is 6.54. The summed E-state index contributed by atoms with van der Waals surface area (Å²) < 4.78 is 5.25. The van der Waals surface area contributed by atoms with Gasteiger partial charge >= 0.3 is 0 Å². The quantitative estimate of drug-likeness (QED) is 0.791. The smallest absolute Gasteiger partial charge is 0.120 e. The van der Waals surface area contributed by atoms with Crippen LogP contribution in [0.1, 0.15) is 0 Å². The molecular weight excluding hydrogens is 307 g/mol. The van der Waals surface area contributed by atoms with Gasteiger partial charge in [0, 0.05) is 50.4 Å². The van der Waals surface area contributed by atoms with Crippen molar-refractivity contribution in [2.45, 2.75) is 0 Å². The van der Waals surface area contributed by atoms with Crippen LogP contribution < -0.4 is 9.64 Å². The van der Waals surface area contributed by atoms with E-state index in [-0.39, 0.29) is 24.8 Å². The number of halogens is 3. The van der Waals surface area contributed by atoms with E-state index in [1.165, 1.54) is 5.69 Å². The molecule has 110 valence electrons. The van der Waals surface area contributed by atoms with E-state index in [9.17, 15) is 0 Å². The maximum atomic E-state index is 5.76. The molecule has 0 aromatic heterocycles. The predicted octanol–water partition coefficient (Wildman–Crippen LogP) is 2.90. The fourth-order valence-electron chi connectivity index (χ4n) is 2.16. The molecule has 0 radical (unpaired) electrons. The molecule has 0 saturated carbocycles. The van der Waals surface area contributed by atoms with E-state index < -0.39 is 0 Å². The van der Waals surface area contributed by atoms with E-state index in [1.807, 2.05) is 12.1 Å². The number of alkyl halides is 1. The van der Waals surface area contributed by atoms with Gasteiger partial charge in [-0.2, -0.15) is 0 Å². The summed E-state index contributed by atoms with van der Waals surface area (Å²) in [6, 6.07) is 8.25. The SMILES string of the molecule is COc1cccc(N2CCN(CCCl)CC2)c1.Cl.Cl. The third-order valence-electron chi connectivity index (χ3n) is 3.19. The number of hydrogen-bond donors (Lipinski definition) is 0. The van der Waals surface area contributed by atoms with Crippen LogP contribution in [-0.4, -0.2) is 50.6 Å². The highest BCUT2D eigenvalue weighted by atomic mass is 35.5. The van der Waals surface area contributed by atoms with Crippen molar-refractivity contribution in [2.24, 2.45) is 0 Å². The van der Waals surface area contributed by atoms with Gasteiger partial charge in [-0.15, -0.1) is 36.4 Å². The van der Waals surface area contributed by atoms with Crippen molar-refractivity contribution in [3.05, 3.63) is 24.3 Å². The van der Waals surface area contributed by atoms with Gasteiger partial charge < -0.3 is 9.64 Å². The predicted molar refractivity (Wildman–Crippen MR) is 86.9 cm³/mol. The lowest BCUT2D eigenvalue weighted by atomic mass is 10.2. The Morgan fingerprint density at radius 3 is 2.42 bits per heavy atom. The summed E-state index contributed by atoms with van der Waals surface area (Å²) in [5, 5.41) is 0. The van der Waals surface area contributed by atoms with Crippen LogP contribution in [-0.2, 0) is 0 Å². The van der Waals surface area contributed by atoms with Gasteiger partial charge in [0.15, 0.2) is 0 Å². The number of nitrogens with zero attached hydrogens (tertiary/aromatic N) is 2. The third-order valence-corrected chi connectivity index (χ3v) is 3.36.